The summed E-state index contributed by atoms with van der Waals surface area (Å²) >= 11 is 0. The van der Waals surface area contributed by atoms with Crippen molar-refractivity contribution in [1.29, 1.82) is 0 Å². The highest BCUT2D eigenvalue weighted by Gasteiger charge is 2.27. The van der Waals surface area contributed by atoms with E-state index in [0.717, 1.165) is 0 Å². The van der Waals surface area contributed by atoms with Crippen LogP contribution in [0.4, 0.5) is 0 Å². The maximum absolute atomic E-state index is 12.1. The molecular formula is C18H19N3O4. The molecule has 1 aliphatic rings. The lowest BCUT2D eigenvalue weighted by Gasteiger charge is -2.04. The Hall–Kier alpha value is -3.22. The predicted molar refractivity (Wildman–Crippen MR) is 92.2 cm³/mol. The van der Waals surface area contributed by atoms with Crippen LogP contribution in [0, 0.1) is 0 Å². The fraction of sp³-hybridized carbons (Fsp3) is 0.222. The number of fused-ring (bicyclic) bond motifs is 1. The third-order valence-electron chi connectivity index (χ3n) is 3.72. The van der Waals surface area contributed by atoms with Crippen LogP contribution in [0.3, 0.4) is 0 Å². The number of benzene rings is 1. The number of carbonyl (C=O) groups is 4. The van der Waals surface area contributed by atoms with Gasteiger partial charge in [-0.05, 0) is 32.0 Å². The molecule has 0 atom stereocenters. The van der Waals surface area contributed by atoms with E-state index in [1.54, 1.807) is 32.1 Å². The first-order valence-corrected chi connectivity index (χ1v) is 7.78. The van der Waals surface area contributed by atoms with Crippen LogP contribution in [-0.4, -0.2) is 36.7 Å². The van der Waals surface area contributed by atoms with Crippen LogP contribution >= 0.6 is 0 Å². The van der Waals surface area contributed by atoms with Gasteiger partial charge >= 0.3 is 0 Å². The van der Waals surface area contributed by atoms with Gasteiger partial charge in [-0.3, -0.25) is 24.5 Å². The molecule has 3 N–H and O–H groups in total. The molecule has 25 heavy (non-hydrogen) atoms. The Bertz CT molecular complexity index is 794. The van der Waals surface area contributed by atoms with Crippen LogP contribution in [0.1, 0.15) is 44.9 Å². The molecule has 1 aromatic rings. The van der Waals surface area contributed by atoms with Crippen molar-refractivity contribution in [3.63, 3.8) is 0 Å². The van der Waals surface area contributed by atoms with Crippen molar-refractivity contribution in [1.82, 2.24) is 16.0 Å². The smallest absolute Gasteiger partial charge is 0.258 e. The number of carbonyl (C=O) groups excluding carboxylic acids is 4. The van der Waals surface area contributed by atoms with E-state index in [2.05, 4.69) is 16.0 Å². The first-order valence-electron chi connectivity index (χ1n) is 7.78. The summed E-state index contributed by atoms with van der Waals surface area (Å²) in [6, 6.07) is 4.35. The minimum absolute atomic E-state index is 0.137. The molecule has 0 bridgehead atoms. The van der Waals surface area contributed by atoms with Crippen LogP contribution in [0.2, 0.25) is 0 Å². The number of allylic oxidation sites excluding steroid dienone is 1. The molecule has 7 nitrogen and oxygen atoms in total. The van der Waals surface area contributed by atoms with E-state index in [1.165, 1.54) is 18.2 Å². The zero-order valence-electron chi connectivity index (χ0n) is 14.0. The lowest BCUT2D eigenvalue weighted by atomic mass is 10.1. The van der Waals surface area contributed by atoms with Gasteiger partial charge in [-0.2, -0.15) is 0 Å². The second kappa shape index (κ2) is 8.05. The molecular weight excluding hydrogens is 322 g/mol. The van der Waals surface area contributed by atoms with Crippen molar-refractivity contribution in [3.8, 4) is 0 Å². The highest BCUT2D eigenvalue weighted by atomic mass is 16.2. The first kappa shape index (κ1) is 18.1. The van der Waals surface area contributed by atoms with E-state index >= 15 is 0 Å². The van der Waals surface area contributed by atoms with Gasteiger partial charge in [-0.15, -0.1) is 0 Å². The quantitative estimate of drug-likeness (QED) is 0.407. The lowest BCUT2D eigenvalue weighted by molar-refractivity contribution is -0.117. The van der Waals surface area contributed by atoms with Crippen molar-refractivity contribution in [3.05, 3.63) is 58.7 Å². The number of hydrogen-bond acceptors (Lipinski definition) is 4. The number of hydrogen-bond donors (Lipinski definition) is 3. The average Bonchev–Trinajstić information content (AvgIpc) is 2.90. The molecule has 0 fully saturated rings. The molecule has 1 heterocycles. The van der Waals surface area contributed by atoms with E-state index in [9.17, 15) is 19.2 Å². The topological polar surface area (TPSA) is 104 Å². The van der Waals surface area contributed by atoms with E-state index < -0.39 is 11.8 Å². The largest absolute Gasteiger partial charge is 0.349 e. The molecule has 0 saturated carbocycles. The monoisotopic (exact) mass is 341 g/mol. The Morgan fingerprint density at radius 2 is 1.68 bits per heavy atom. The maximum atomic E-state index is 12.1. The summed E-state index contributed by atoms with van der Waals surface area (Å²) in [4.78, 5) is 46.6. The molecule has 4 amide bonds. The molecule has 0 radical (unpaired) electrons. The van der Waals surface area contributed by atoms with Gasteiger partial charge < -0.3 is 10.6 Å². The second-order valence-electron chi connectivity index (χ2n) is 5.41. The summed E-state index contributed by atoms with van der Waals surface area (Å²) in [6.45, 7) is 4.16. The molecule has 2 rings (SSSR count). The molecule has 1 aromatic carbocycles. The summed E-state index contributed by atoms with van der Waals surface area (Å²) in [5, 5.41) is 7.56. The molecule has 0 aromatic heterocycles. The van der Waals surface area contributed by atoms with Crippen LogP contribution in [0.5, 0.6) is 0 Å². The Labute approximate surface area is 145 Å². The Kier molecular flexibility index (Phi) is 5.84. The molecule has 0 spiro atoms. The van der Waals surface area contributed by atoms with Gasteiger partial charge in [0.2, 0.25) is 5.91 Å². The van der Waals surface area contributed by atoms with Gasteiger partial charge in [0.25, 0.3) is 17.7 Å². The molecule has 130 valence electrons. The fourth-order valence-corrected chi connectivity index (χ4v) is 2.15. The van der Waals surface area contributed by atoms with Crippen molar-refractivity contribution < 1.29 is 19.2 Å². The van der Waals surface area contributed by atoms with Crippen molar-refractivity contribution in [2.75, 3.05) is 13.1 Å². The van der Waals surface area contributed by atoms with Crippen LogP contribution in [0.15, 0.2) is 42.0 Å². The first-order chi connectivity index (χ1) is 11.9. The van der Waals surface area contributed by atoms with Crippen molar-refractivity contribution in [2.45, 2.75) is 13.8 Å². The Balaban J connectivity index is 1.82. The Morgan fingerprint density at radius 3 is 2.36 bits per heavy atom. The van der Waals surface area contributed by atoms with Gasteiger partial charge in [-0.1, -0.05) is 18.2 Å². The molecule has 1 aliphatic heterocycles. The highest BCUT2D eigenvalue weighted by molar-refractivity contribution is 6.22. The standard InChI is InChI=1S/C18H19N3O4/c1-3-11(2)15(22)19-8-4-5-9-20-16(23)12-6-7-13-14(10-12)18(25)21-17(13)24/h3-7,10H,8-9H2,1-2H3,(H,19,22)(H,20,23)(H,21,24,25)/b5-4+,11-3+. The number of nitrogens with one attached hydrogen (secondary N) is 3. The maximum Gasteiger partial charge on any atom is 0.258 e. The highest BCUT2D eigenvalue weighted by Crippen LogP contribution is 2.17. The van der Waals surface area contributed by atoms with E-state index in [-0.39, 0.29) is 29.5 Å². The molecule has 0 aliphatic carbocycles. The normalized spacial score (nSPS) is 13.6. The zero-order chi connectivity index (χ0) is 18.4. The van der Waals surface area contributed by atoms with Gasteiger partial charge in [0.15, 0.2) is 0 Å². The third kappa shape index (κ3) is 4.41. The van der Waals surface area contributed by atoms with Crippen molar-refractivity contribution >= 4 is 23.6 Å². The minimum atomic E-state index is -0.498. The average molecular weight is 341 g/mol. The van der Waals surface area contributed by atoms with Crippen LogP contribution in [0.25, 0.3) is 0 Å². The van der Waals surface area contributed by atoms with Gasteiger partial charge in [-0.25, -0.2) is 0 Å². The van der Waals surface area contributed by atoms with E-state index in [1.807, 2.05) is 0 Å². The summed E-state index contributed by atoms with van der Waals surface area (Å²) < 4.78 is 0. The van der Waals surface area contributed by atoms with Gasteiger partial charge in [0.1, 0.15) is 0 Å². The van der Waals surface area contributed by atoms with Crippen LogP contribution < -0.4 is 16.0 Å². The second-order valence-corrected chi connectivity index (χ2v) is 5.41. The van der Waals surface area contributed by atoms with E-state index in [4.69, 9.17) is 0 Å². The van der Waals surface area contributed by atoms with Crippen molar-refractivity contribution in [2.24, 2.45) is 0 Å². The zero-order valence-corrected chi connectivity index (χ0v) is 14.0. The molecule has 0 unspecified atom stereocenters. The fourth-order valence-electron chi connectivity index (χ4n) is 2.15. The summed E-state index contributed by atoms with van der Waals surface area (Å²) in [5.41, 5.74) is 1.42. The van der Waals surface area contributed by atoms with E-state index in [0.29, 0.717) is 17.7 Å². The molecule has 7 heteroatoms. The summed E-state index contributed by atoms with van der Waals surface area (Å²) in [5.74, 6) is -1.44. The molecule has 0 saturated heterocycles. The number of rotatable bonds is 6. The summed E-state index contributed by atoms with van der Waals surface area (Å²) in [7, 11) is 0. The van der Waals surface area contributed by atoms with Crippen LogP contribution in [-0.2, 0) is 4.79 Å². The minimum Gasteiger partial charge on any atom is -0.349 e. The predicted octanol–water partition coefficient (Wildman–Crippen LogP) is 0.939. The Morgan fingerprint density at radius 1 is 1.04 bits per heavy atom. The summed E-state index contributed by atoms with van der Waals surface area (Å²) in [6.07, 6.45) is 5.17. The SMILES string of the molecule is C/C=C(\C)C(=O)NC/C=C/CNC(=O)c1ccc2c(c1)C(=O)NC2=O. The number of imide groups is 1. The third-order valence-corrected chi connectivity index (χ3v) is 3.72. The van der Waals surface area contributed by atoms with Gasteiger partial charge in [0.05, 0.1) is 11.1 Å². The van der Waals surface area contributed by atoms with Gasteiger partial charge in [0, 0.05) is 24.2 Å². The lowest BCUT2D eigenvalue weighted by Crippen LogP contribution is -2.25. The number of amides is 4.